The molecule has 0 aromatic carbocycles. The van der Waals surface area contributed by atoms with Crippen molar-refractivity contribution in [2.24, 2.45) is 5.84 Å². The number of nitrogens with two attached hydrogens (primary N) is 1. The van der Waals surface area contributed by atoms with Gasteiger partial charge in [-0.1, -0.05) is 0 Å². The smallest absolute Gasteiger partial charge is 0.311 e. The Balaban J connectivity index is 3.08. The monoisotopic (exact) mass is 255 g/mol. The van der Waals surface area contributed by atoms with Gasteiger partial charge < -0.3 is 15.5 Å². The summed E-state index contributed by atoms with van der Waals surface area (Å²) in [4.78, 5) is 14.4. The fourth-order valence-corrected chi connectivity index (χ4v) is 1.49. The first kappa shape index (κ1) is 14.1. The zero-order valence-electron chi connectivity index (χ0n) is 10.6. The Hall–Kier alpha value is -1.93. The van der Waals surface area contributed by atoms with Crippen molar-refractivity contribution in [3.8, 4) is 0 Å². The number of rotatable bonds is 6. The van der Waals surface area contributed by atoms with Gasteiger partial charge in [0.25, 0.3) is 0 Å². The molecule has 0 aliphatic rings. The van der Waals surface area contributed by atoms with Crippen molar-refractivity contribution in [1.29, 1.82) is 0 Å². The van der Waals surface area contributed by atoms with E-state index in [2.05, 4.69) is 15.7 Å². The molecule has 8 heteroatoms. The number of hydrogen-bond acceptors (Lipinski definition) is 7. The van der Waals surface area contributed by atoms with Crippen molar-refractivity contribution >= 4 is 17.3 Å². The normalized spacial score (nSPS) is 11.1. The molecule has 0 radical (unpaired) electrons. The lowest BCUT2D eigenvalue weighted by molar-refractivity contribution is -0.384. The van der Waals surface area contributed by atoms with E-state index in [0.29, 0.717) is 12.4 Å². The van der Waals surface area contributed by atoms with E-state index in [0.717, 1.165) is 0 Å². The first-order valence-electron chi connectivity index (χ1n) is 5.29. The third kappa shape index (κ3) is 3.54. The summed E-state index contributed by atoms with van der Waals surface area (Å²) in [7, 11) is 1.56. The third-order valence-corrected chi connectivity index (χ3v) is 2.18. The molecule has 1 aromatic rings. The molecule has 18 heavy (non-hydrogen) atoms. The average molecular weight is 255 g/mol. The Morgan fingerprint density at radius 3 is 2.72 bits per heavy atom. The molecule has 1 aromatic heterocycles. The number of pyridine rings is 1. The molecular weight excluding hydrogens is 238 g/mol. The molecular formula is C10H17N5O3. The number of nitrogen functional groups attached to an aromatic ring is 1. The Labute approximate surface area is 105 Å². The van der Waals surface area contributed by atoms with Crippen LogP contribution in [-0.2, 0) is 4.74 Å². The van der Waals surface area contributed by atoms with Gasteiger partial charge in [-0.05, 0) is 19.9 Å². The van der Waals surface area contributed by atoms with Gasteiger partial charge in [-0.2, -0.15) is 0 Å². The molecule has 0 saturated heterocycles. The number of aromatic nitrogens is 1. The maximum atomic E-state index is 10.9. The van der Waals surface area contributed by atoms with Gasteiger partial charge in [-0.15, -0.1) is 0 Å². The SMILES string of the molecule is COCC(C)(C)Nc1nc(NN)ccc1[N+](=O)[O-]. The highest BCUT2D eigenvalue weighted by Crippen LogP contribution is 2.26. The van der Waals surface area contributed by atoms with E-state index in [4.69, 9.17) is 10.6 Å². The van der Waals surface area contributed by atoms with Crippen LogP contribution in [0.1, 0.15) is 13.8 Å². The van der Waals surface area contributed by atoms with Crippen molar-refractivity contribution < 1.29 is 9.66 Å². The summed E-state index contributed by atoms with van der Waals surface area (Å²) in [5.41, 5.74) is 1.75. The molecule has 8 nitrogen and oxygen atoms in total. The van der Waals surface area contributed by atoms with Crippen LogP contribution in [0, 0.1) is 10.1 Å². The number of nitrogens with zero attached hydrogens (tertiary/aromatic N) is 2. The zero-order valence-corrected chi connectivity index (χ0v) is 10.6. The van der Waals surface area contributed by atoms with Gasteiger partial charge in [0, 0.05) is 13.2 Å². The molecule has 0 aliphatic heterocycles. The average Bonchev–Trinajstić information content (AvgIpc) is 2.27. The maximum Gasteiger partial charge on any atom is 0.311 e. The summed E-state index contributed by atoms with van der Waals surface area (Å²) in [6.45, 7) is 4.08. The van der Waals surface area contributed by atoms with Gasteiger partial charge >= 0.3 is 5.69 Å². The van der Waals surface area contributed by atoms with Crippen LogP contribution in [0.25, 0.3) is 0 Å². The number of ether oxygens (including phenoxy) is 1. The van der Waals surface area contributed by atoms with E-state index in [-0.39, 0.29) is 11.5 Å². The van der Waals surface area contributed by atoms with E-state index < -0.39 is 10.5 Å². The minimum Gasteiger partial charge on any atom is -0.382 e. The van der Waals surface area contributed by atoms with Crippen LogP contribution in [0.2, 0.25) is 0 Å². The number of methoxy groups -OCH3 is 1. The Kier molecular flexibility index (Phi) is 4.40. The van der Waals surface area contributed by atoms with Crippen LogP contribution in [-0.4, -0.2) is 29.2 Å². The van der Waals surface area contributed by atoms with Gasteiger partial charge in [0.2, 0.25) is 5.82 Å². The zero-order chi connectivity index (χ0) is 13.8. The predicted octanol–water partition coefficient (Wildman–Crippen LogP) is 1.11. The second kappa shape index (κ2) is 5.61. The first-order valence-corrected chi connectivity index (χ1v) is 5.29. The van der Waals surface area contributed by atoms with Crippen LogP contribution < -0.4 is 16.6 Å². The quantitative estimate of drug-likeness (QED) is 0.396. The molecule has 1 heterocycles. The van der Waals surface area contributed by atoms with Gasteiger partial charge in [0.1, 0.15) is 5.82 Å². The van der Waals surface area contributed by atoms with Gasteiger partial charge in [-0.25, -0.2) is 10.8 Å². The second-order valence-electron chi connectivity index (χ2n) is 4.41. The lowest BCUT2D eigenvalue weighted by Crippen LogP contribution is -2.36. The molecule has 0 saturated carbocycles. The molecule has 0 fully saturated rings. The van der Waals surface area contributed by atoms with Crippen molar-refractivity contribution in [1.82, 2.24) is 4.98 Å². The van der Waals surface area contributed by atoms with Crippen LogP contribution in [0.4, 0.5) is 17.3 Å². The number of nitro groups is 1. The van der Waals surface area contributed by atoms with E-state index >= 15 is 0 Å². The highest BCUT2D eigenvalue weighted by atomic mass is 16.6. The van der Waals surface area contributed by atoms with Crippen molar-refractivity contribution in [2.75, 3.05) is 24.5 Å². The summed E-state index contributed by atoms with van der Waals surface area (Å²) >= 11 is 0. The molecule has 1 rings (SSSR count). The van der Waals surface area contributed by atoms with Crippen LogP contribution in [0.15, 0.2) is 12.1 Å². The fourth-order valence-electron chi connectivity index (χ4n) is 1.49. The van der Waals surface area contributed by atoms with Crippen molar-refractivity contribution in [3.05, 3.63) is 22.2 Å². The summed E-state index contributed by atoms with van der Waals surface area (Å²) in [5.74, 6) is 5.73. The minimum atomic E-state index is -0.501. The van der Waals surface area contributed by atoms with Crippen LogP contribution in [0.3, 0.4) is 0 Å². The van der Waals surface area contributed by atoms with Crippen molar-refractivity contribution in [2.45, 2.75) is 19.4 Å². The van der Waals surface area contributed by atoms with Gasteiger partial charge in [0.05, 0.1) is 17.1 Å². The van der Waals surface area contributed by atoms with E-state index in [1.165, 1.54) is 12.1 Å². The van der Waals surface area contributed by atoms with E-state index in [1.54, 1.807) is 7.11 Å². The predicted molar refractivity (Wildman–Crippen MR) is 68.3 cm³/mol. The minimum absolute atomic E-state index is 0.113. The Morgan fingerprint density at radius 1 is 1.56 bits per heavy atom. The lowest BCUT2D eigenvalue weighted by Gasteiger charge is -2.25. The number of anilines is 2. The second-order valence-corrected chi connectivity index (χ2v) is 4.41. The van der Waals surface area contributed by atoms with Gasteiger partial charge in [-0.3, -0.25) is 10.1 Å². The van der Waals surface area contributed by atoms with E-state index in [1.807, 2.05) is 13.8 Å². The molecule has 0 unspecified atom stereocenters. The first-order chi connectivity index (χ1) is 8.39. The number of hydrazine groups is 1. The summed E-state index contributed by atoms with van der Waals surface area (Å²) in [6, 6.07) is 2.78. The molecule has 100 valence electrons. The van der Waals surface area contributed by atoms with Crippen molar-refractivity contribution in [3.63, 3.8) is 0 Å². The number of nitrogens with one attached hydrogen (secondary N) is 2. The van der Waals surface area contributed by atoms with Gasteiger partial charge in [0.15, 0.2) is 0 Å². The highest BCUT2D eigenvalue weighted by Gasteiger charge is 2.24. The topological polar surface area (TPSA) is 115 Å². The van der Waals surface area contributed by atoms with Crippen LogP contribution in [0.5, 0.6) is 0 Å². The van der Waals surface area contributed by atoms with E-state index in [9.17, 15) is 10.1 Å². The number of hydrogen-bond donors (Lipinski definition) is 3. The summed E-state index contributed by atoms with van der Waals surface area (Å²) < 4.78 is 5.04. The third-order valence-electron chi connectivity index (χ3n) is 2.18. The molecule has 0 amide bonds. The lowest BCUT2D eigenvalue weighted by atomic mass is 10.1. The fraction of sp³-hybridized carbons (Fsp3) is 0.500. The summed E-state index contributed by atoms with van der Waals surface area (Å²) in [5, 5.41) is 13.9. The standard InChI is InChI=1S/C10H17N5O3/c1-10(2,6-18-3)13-9-7(15(16)17)4-5-8(12-9)14-11/h4-5H,6,11H2,1-3H3,(H2,12,13,14). The Morgan fingerprint density at radius 2 is 2.22 bits per heavy atom. The molecule has 0 bridgehead atoms. The molecule has 0 spiro atoms. The Bertz CT molecular complexity index is 436. The highest BCUT2D eigenvalue weighted by molar-refractivity contribution is 5.61. The molecule has 0 aliphatic carbocycles. The maximum absolute atomic E-state index is 10.9. The molecule has 4 N–H and O–H groups in total. The molecule has 0 atom stereocenters. The van der Waals surface area contributed by atoms with Crippen LogP contribution >= 0.6 is 0 Å². The summed E-state index contributed by atoms with van der Waals surface area (Å²) in [6.07, 6.45) is 0. The largest absolute Gasteiger partial charge is 0.382 e.